The molecule has 2 aliphatic rings. The summed E-state index contributed by atoms with van der Waals surface area (Å²) in [7, 11) is 4.99. The summed E-state index contributed by atoms with van der Waals surface area (Å²) < 4.78 is 97.7. The first-order valence-electron chi connectivity index (χ1n) is 33.5. The molecule has 0 unspecified atom stereocenters. The molecule has 4 aromatic heterocycles. The summed E-state index contributed by atoms with van der Waals surface area (Å²) in [6, 6.07) is 10.6. The zero-order chi connectivity index (χ0) is 79.7. The fraction of sp³-hybridized carbons (Fsp3) is 0.405. The Hall–Kier alpha value is -10.2. The van der Waals surface area contributed by atoms with Crippen molar-refractivity contribution in [1.29, 1.82) is 0 Å². The van der Waals surface area contributed by atoms with Gasteiger partial charge in [-0.25, -0.2) is 31.9 Å². The van der Waals surface area contributed by atoms with Crippen molar-refractivity contribution in [3.8, 4) is 45.1 Å². The number of pyridine rings is 4. The molecule has 2 saturated heterocycles. The predicted molar refractivity (Wildman–Crippen MR) is 396 cm³/mol. The third kappa shape index (κ3) is 16.7. The Balaban J connectivity index is 0.000000229. The number of benzene rings is 4. The molecule has 572 valence electrons. The van der Waals surface area contributed by atoms with Gasteiger partial charge in [0, 0.05) is 59.5 Å². The van der Waals surface area contributed by atoms with E-state index in [0.717, 1.165) is 28.4 Å². The molecule has 0 aliphatic carbocycles. The average Bonchev–Trinajstić information content (AvgIpc) is 0.715. The molecule has 6 heterocycles. The minimum Gasteiger partial charge on any atom is -0.496 e. The molecule has 2 fully saturated rings. The number of methoxy groups -OCH3 is 4. The van der Waals surface area contributed by atoms with Gasteiger partial charge in [-0.05, 0) is 141 Å². The highest BCUT2D eigenvalue weighted by molar-refractivity contribution is 6.39. The molecular formula is C74H81Cl3F4N10O16. The molecule has 26 nitrogen and oxygen atoms in total. The second-order valence-electron chi connectivity index (χ2n) is 27.8. The molecule has 4 aromatic carbocycles. The van der Waals surface area contributed by atoms with E-state index in [1.807, 2.05) is 41.5 Å². The highest BCUT2D eigenvalue weighted by atomic mass is 35.5. The molecule has 0 saturated carbocycles. The Morgan fingerprint density at radius 2 is 1.01 bits per heavy atom. The molecule has 2 aliphatic heterocycles. The highest BCUT2D eigenvalue weighted by Gasteiger charge is 2.46. The second kappa shape index (κ2) is 32.9. The highest BCUT2D eigenvalue weighted by Crippen LogP contribution is 2.49. The van der Waals surface area contributed by atoms with E-state index in [-0.39, 0.29) is 104 Å². The fourth-order valence-corrected chi connectivity index (χ4v) is 13.5. The standard InChI is InChI=1S/C37H40ClF2N5O8.C25H19Cl2F2N3O4.C12H22N2O4/c1-18(2)29-30(19(3)13-14-41-29)44-31-21(15-22(38)26(28(31)40)27-23(39)11-10-12-25(27)51-8)32(33(34(44)46)45(49)50)43-16-20(4)42(17-24(43)35(47)52-9)36(48)53-37(5,6)7;1-11(2)21-22(12(3)8-9-30-21)31-23-13(19(27)24(25(31)33)32(34)35)10-14(26)17(20(23)29)18-15(28)6-5-7-16(18)36-4;1-8-6-13-9(10(15)17-5)7-14(8)11(16)18-12(2,3)4/h10-15,18,20,24H,16-17H2,1-9H3;5-11H,1-4H3;8-9,13H,6-7H2,1-5H3/t20-,24-;;8-,9-/m1.1/s1. The zero-order valence-corrected chi connectivity index (χ0v) is 64.2. The van der Waals surface area contributed by atoms with Crippen molar-refractivity contribution in [3.63, 3.8) is 0 Å². The molecule has 4 atom stereocenters. The van der Waals surface area contributed by atoms with Crippen molar-refractivity contribution in [2.24, 2.45) is 0 Å². The summed E-state index contributed by atoms with van der Waals surface area (Å²) in [6.07, 6.45) is 1.87. The van der Waals surface area contributed by atoms with Crippen LogP contribution < -0.4 is 30.8 Å². The topological polar surface area (TPSA) is 301 Å². The van der Waals surface area contributed by atoms with Gasteiger partial charge in [0.1, 0.15) is 57.1 Å². The van der Waals surface area contributed by atoms with Gasteiger partial charge in [-0.2, -0.15) is 0 Å². The van der Waals surface area contributed by atoms with Crippen LogP contribution in [0.3, 0.4) is 0 Å². The van der Waals surface area contributed by atoms with Crippen molar-refractivity contribution in [3.05, 3.63) is 175 Å². The first-order chi connectivity index (χ1) is 50.1. The molecule has 107 heavy (non-hydrogen) atoms. The largest absolute Gasteiger partial charge is 0.496 e. The number of halogens is 7. The zero-order valence-electron chi connectivity index (χ0n) is 61.9. The molecule has 2 amide bonds. The number of aryl methyl sites for hydroxylation is 2. The summed E-state index contributed by atoms with van der Waals surface area (Å²) in [5.74, 6) is -5.94. The lowest BCUT2D eigenvalue weighted by molar-refractivity contribution is -0.386. The Kier molecular flexibility index (Phi) is 25.4. The Labute approximate surface area is 627 Å². The molecule has 0 spiro atoms. The quantitative estimate of drug-likeness (QED) is 0.0369. The van der Waals surface area contributed by atoms with Crippen LogP contribution in [0.25, 0.3) is 55.4 Å². The number of hydrogen-bond donors (Lipinski definition) is 1. The minimum absolute atomic E-state index is 0.00233. The number of esters is 2. The van der Waals surface area contributed by atoms with Crippen molar-refractivity contribution in [2.75, 3.05) is 59.5 Å². The molecule has 33 heteroatoms. The van der Waals surface area contributed by atoms with Gasteiger partial charge in [0.05, 0.1) is 106 Å². The van der Waals surface area contributed by atoms with E-state index < -0.39 is 130 Å². The monoisotopic (exact) mass is 1550 g/mol. The maximum atomic E-state index is 17.7. The number of carbonyl (C=O) groups excluding carboxylic acids is 4. The molecule has 8 aromatic rings. The van der Waals surface area contributed by atoms with Crippen molar-refractivity contribution in [1.82, 2.24) is 34.2 Å². The van der Waals surface area contributed by atoms with Gasteiger partial charge in [0.15, 0.2) is 11.6 Å². The van der Waals surface area contributed by atoms with Crippen molar-refractivity contribution < 1.29 is 75.0 Å². The van der Waals surface area contributed by atoms with E-state index in [2.05, 4.69) is 20.0 Å². The van der Waals surface area contributed by atoms with Gasteiger partial charge < -0.3 is 48.4 Å². The van der Waals surface area contributed by atoms with Crippen molar-refractivity contribution in [2.45, 2.75) is 144 Å². The molecule has 1 N–H and O–H groups in total. The van der Waals surface area contributed by atoms with E-state index in [4.69, 9.17) is 58.5 Å². The smallest absolute Gasteiger partial charge is 0.410 e. The van der Waals surface area contributed by atoms with Crippen LogP contribution in [0.15, 0.2) is 82.6 Å². The number of amides is 2. The SMILES string of the molecule is COC(=O)[C@H]1CN(C(=O)OC(C)(C)C)[C@H](C)CN1.COC(=O)[C@H]1CN(C(=O)OC(C)(C)C)[C@H](C)CN1c1c([N+](=O)[O-])c(=O)n(-c2c(C)ccnc2C(C)C)c2c(F)c(-c3c(F)cccc3OC)c(Cl)cc12.COc1cccc(F)c1-c1c(Cl)cc2c(Cl)c([N+](=O)[O-])c(=O)n(-c3c(C)ccnc3C(C)C)c2c1F. The normalized spacial score (nSPS) is 16.0. The number of aromatic nitrogens is 4. The van der Waals surface area contributed by atoms with Crippen LogP contribution >= 0.6 is 34.8 Å². The summed E-state index contributed by atoms with van der Waals surface area (Å²) in [5, 5.41) is 26.3. The Bertz CT molecular complexity index is 4990. The first-order valence-corrected chi connectivity index (χ1v) is 34.6. The van der Waals surface area contributed by atoms with Gasteiger partial charge in [-0.15, -0.1) is 0 Å². The van der Waals surface area contributed by atoms with Crippen LogP contribution in [0.5, 0.6) is 11.5 Å². The number of nitrogens with one attached hydrogen (secondary N) is 1. The number of nitro groups is 2. The predicted octanol–water partition coefficient (Wildman–Crippen LogP) is 15.1. The van der Waals surface area contributed by atoms with Gasteiger partial charge in [0.25, 0.3) is 0 Å². The molecular weight excluding hydrogens is 1470 g/mol. The van der Waals surface area contributed by atoms with Crippen molar-refractivity contribution >= 4 is 97.8 Å². The number of hydrogen-bond acceptors (Lipinski definition) is 20. The van der Waals surface area contributed by atoms with E-state index in [1.54, 1.807) is 72.4 Å². The number of carbonyl (C=O) groups is 4. The number of nitrogens with zero attached hydrogens (tertiary/aromatic N) is 9. The van der Waals surface area contributed by atoms with Gasteiger partial charge in [-0.3, -0.25) is 53.7 Å². The lowest BCUT2D eigenvalue weighted by atomic mass is 9.97. The third-order valence-corrected chi connectivity index (χ3v) is 18.5. The van der Waals surface area contributed by atoms with Gasteiger partial charge in [-0.1, -0.05) is 74.6 Å². The summed E-state index contributed by atoms with van der Waals surface area (Å²) in [5.41, 5.74) is -6.73. The second-order valence-corrected chi connectivity index (χ2v) is 29.0. The fourth-order valence-electron chi connectivity index (χ4n) is 12.6. The average molecular weight is 1550 g/mol. The van der Waals surface area contributed by atoms with Crippen LogP contribution in [0.4, 0.5) is 44.2 Å². The molecule has 0 radical (unpaired) electrons. The number of piperazine rings is 2. The van der Waals surface area contributed by atoms with Crippen LogP contribution in [0, 0.1) is 57.3 Å². The lowest BCUT2D eigenvalue weighted by Crippen LogP contribution is -2.62. The maximum Gasteiger partial charge on any atom is 0.410 e. The third-order valence-electron chi connectivity index (χ3n) is 17.5. The summed E-state index contributed by atoms with van der Waals surface area (Å²) in [6.45, 7) is 24.7. The van der Waals surface area contributed by atoms with Crippen LogP contribution in [-0.2, 0) is 28.5 Å². The number of anilines is 1. The van der Waals surface area contributed by atoms with Crippen LogP contribution in [0.1, 0.15) is 117 Å². The number of ether oxygens (including phenoxy) is 6. The molecule has 0 bridgehead atoms. The van der Waals surface area contributed by atoms with E-state index in [9.17, 15) is 53.4 Å². The van der Waals surface area contributed by atoms with E-state index >= 15 is 13.2 Å². The lowest BCUT2D eigenvalue weighted by Gasteiger charge is -2.45. The minimum atomic E-state index is -1.43. The first kappa shape index (κ1) is 82.5. The van der Waals surface area contributed by atoms with E-state index in [0.29, 0.717) is 29.1 Å². The number of rotatable bonds is 13. The summed E-state index contributed by atoms with van der Waals surface area (Å²) >= 11 is 19.5. The van der Waals surface area contributed by atoms with Gasteiger partial charge >= 0.3 is 46.6 Å². The Morgan fingerprint density at radius 1 is 0.589 bits per heavy atom. The summed E-state index contributed by atoms with van der Waals surface area (Å²) in [4.78, 5) is 115. The number of fused-ring (bicyclic) bond motifs is 2. The van der Waals surface area contributed by atoms with E-state index in [1.165, 1.54) is 79.9 Å². The van der Waals surface area contributed by atoms with Gasteiger partial charge in [0.2, 0.25) is 0 Å². The van der Waals surface area contributed by atoms with Crippen LogP contribution in [-0.4, -0.2) is 153 Å². The van der Waals surface area contributed by atoms with Crippen LogP contribution in [0.2, 0.25) is 15.1 Å². The maximum absolute atomic E-state index is 17.7. The molecule has 10 rings (SSSR count). The Morgan fingerprint density at radius 3 is 1.42 bits per heavy atom.